The van der Waals surface area contributed by atoms with E-state index in [1.165, 1.54) is 0 Å². The Morgan fingerprint density at radius 2 is 2.17 bits per heavy atom. The van der Waals surface area contributed by atoms with Gasteiger partial charge in [-0.25, -0.2) is 0 Å². The van der Waals surface area contributed by atoms with E-state index in [2.05, 4.69) is 20.2 Å². The third kappa shape index (κ3) is 20.0. The monoisotopic (exact) mass is 324 g/mol. The molecule has 0 aliphatic carbocycles. The Morgan fingerprint density at radius 3 is 2.17 bits per heavy atom. The molecule has 0 heterocycles. The van der Waals surface area contributed by atoms with Gasteiger partial charge in [0.1, 0.15) is 1.41 Å². The Hall–Kier alpha value is 1.01. The number of thiocarbonyl (C=S) groups is 1. The third-order valence-corrected chi connectivity index (χ3v) is 0.158. The standard InChI is InChI=1S/CHBNS.CH3.U/c2-3-1-4;;/h(H,3,4);1H3;/q2*-1;+2/i/hD. The van der Waals surface area contributed by atoms with E-state index in [-0.39, 0.29) is 38.5 Å². The van der Waals surface area contributed by atoms with Gasteiger partial charge in [-0.3, -0.25) is 0 Å². The van der Waals surface area contributed by atoms with Crippen LogP contribution in [0.15, 0.2) is 0 Å². The number of nitrogens with one attached hydrogen (secondary N) is 1. The Balaban J connectivity index is -0.0000000800. The summed E-state index contributed by atoms with van der Waals surface area (Å²) in [7, 11) is 4.58. The molecule has 30 valence electrons. The van der Waals surface area contributed by atoms with E-state index in [0.29, 0.717) is 5.22 Å². The van der Waals surface area contributed by atoms with Gasteiger partial charge in [-0.15, -0.1) is 0 Å². The smallest absolute Gasteiger partial charge is 0.610 e. The molecule has 0 atom stereocenters. The van der Waals surface area contributed by atoms with E-state index in [0.717, 1.165) is 0 Å². The maximum absolute atomic E-state index is 6.22. The maximum Gasteiger partial charge on any atom is 2.00 e. The molecule has 1 N–H and O–H groups in total. The van der Waals surface area contributed by atoms with Crippen LogP contribution in [0.2, 0.25) is 1.41 Å². The third-order valence-electron chi connectivity index (χ3n) is 0.0527. The molecule has 0 amide bonds. The first kappa shape index (κ1) is 10.1. The molecule has 1 nitrogen and oxygen atoms in total. The van der Waals surface area contributed by atoms with Gasteiger partial charge >= 0.3 is 31.1 Å². The molecule has 0 spiro atoms. The Kier molecular flexibility index (Phi) is 28.0. The molecule has 2 radical (unpaired) electrons. The van der Waals surface area contributed by atoms with Crippen LogP contribution >= 0.6 is 12.2 Å². The average molecular weight is 324 g/mol. The van der Waals surface area contributed by atoms with Crippen molar-refractivity contribution in [3.63, 3.8) is 0 Å². The summed E-state index contributed by atoms with van der Waals surface area (Å²) in [5.74, 6) is 0. The van der Waals surface area contributed by atoms with Crippen LogP contribution in [-0.4, -0.2) is 13.5 Å². The molecule has 0 saturated heterocycles. The van der Waals surface area contributed by atoms with Crippen molar-refractivity contribution in [3.8, 4) is 0 Å². The van der Waals surface area contributed by atoms with Crippen molar-refractivity contribution in [3.05, 3.63) is 7.43 Å². The van der Waals surface area contributed by atoms with Gasteiger partial charge < -0.3 is 30.4 Å². The zero-order valence-electron chi connectivity index (χ0n) is 4.43. The quantitative estimate of drug-likeness (QED) is 0.314. The molecule has 0 unspecified atom stereocenters. The zero-order valence-corrected chi connectivity index (χ0v) is 8.41. The molecule has 4 heteroatoms. The van der Waals surface area contributed by atoms with Crippen molar-refractivity contribution in [2.45, 2.75) is 0 Å². The SMILES string of the molecule is [2H]N([B])[C-]=S.[CH3-].[U+2]. The van der Waals surface area contributed by atoms with E-state index < -0.39 is 0 Å². The predicted octanol–water partition coefficient (Wildman–Crippen LogP) is -0.0560. The van der Waals surface area contributed by atoms with E-state index in [9.17, 15) is 0 Å². The van der Waals surface area contributed by atoms with Gasteiger partial charge in [0, 0.05) is 0 Å². The summed E-state index contributed by atoms with van der Waals surface area (Å²) in [6, 6.07) is 0. The molecule has 0 aliphatic heterocycles. The van der Waals surface area contributed by atoms with Crippen molar-refractivity contribution >= 4 is 25.7 Å². The summed E-state index contributed by atoms with van der Waals surface area (Å²) in [6.07, 6.45) is 0. The molecular weight excluding hydrogens is 319 g/mol. The summed E-state index contributed by atoms with van der Waals surface area (Å²) < 4.78 is 6.22. The Morgan fingerprint density at radius 1 is 2.00 bits per heavy atom. The first-order valence-electron chi connectivity index (χ1n) is 1.13. The van der Waals surface area contributed by atoms with Gasteiger partial charge in [0.2, 0.25) is 0 Å². The van der Waals surface area contributed by atoms with Gasteiger partial charge in [0.15, 0.2) is 7.98 Å². The Labute approximate surface area is 70.5 Å². The van der Waals surface area contributed by atoms with Gasteiger partial charge in [0.05, 0.1) is 0 Å². The molecule has 6 heavy (non-hydrogen) atoms. The van der Waals surface area contributed by atoms with Crippen molar-refractivity contribution in [2.24, 2.45) is 0 Å². The largest absolute Gasteiger partial charge is 2.00 e. The molecule has 0 fully saturated rings. The normalized spacial score (nSPS) is 5.67. The van der Waals surface area contributed by atoms with E-state index >= 15 is 0 Å². The molecule has 0 aromatic heterocycles. The second-order valence-electron chi connectivity index (χ2n) is 0.220. The van der Waals surface area contributed by atoms with Gasteiger partial charge in [-0.05, 0) is 0 Å². The van der Waals surface area contributed by atoms with Crippen LogP contribution < -0.4 is 5.22 Å². The van der Waals surface area contributed by atoms with Gasteiger partial charge in [0.25, 0.3) is 0 Å². The van der Waals surface area contributed by atoms with Crippen LogP contribution in [-0.2, 0) is 0 Å². The minimum absolute atomic E-state index is 0. The molecule has 0 aliphatic rings. The van der Waals surface area contributed by atoms with E-state index in [4.69, 9.17) is 1.41 Å². The maximum atomic E-state index is 6.22. The van der Waals surface area contributed by atoms with Crippen molar-refractivity contribution in [1.82, 2.24) is 5.22 Å². The first-order chi connectivity index (χ1) is 2.27. The second kappa shape index (κ2) is 16.7. The second-order valence-corrected chi connectivity index (χ2v) is 0.403. The van der Waals surface area contributed by atoms with Crippen LogP contribution in [0.5, 0.6) is 0 Å². The van der Waals surface area contributed by atoms with Crippen LogP contribution in [0.3, 0.4) is 0 Å². The molecular formula is C2H4BNSU. The van der Waals surface area contributed by atoms with E-state index in [1.807, 2.05) is 5.49 Å². The fourth-order valence-electron chi connectivity index (χ4n) is 0. The molecule has 0 bridgehead atoms. The topological polar surface area (TPSA) is 12.0 Å². The van der Waals surface area contributed by atoms with E-state index in [1.54, 1.807) is 0 Å². The summed E-state index contributed by atoms with van der Waals surface area (Å²) in [5.41, 5.74) is 1.89. The minimum atomic E-state index is 0. The Bertz CT molecular complexity index is 44.7. The van der Waals surface area contributed by atoms with Crippen LogP contribution in [0.1, 0.15) is 0 Å². The summed E-state index contributed by atoms with van der Waals surface area (Å²) in [5, 5.41) is 0.440. The summed E-state index contributed by atoms with van der Waals surface area (Å²) >= 11 is 4.04. The average Bonchev–Trinajstić information content (AvgIpc) is 1.38. The molecule has 0 aromatic rings. The number of rotatable bonds is 1. The predicted molar refractivity (Wildman–Crippen MR) is 27.9 cm³/mol. The summed E-state index contributed by atoms with van der Waals surface area (Å²) in [4.78, 5) is 0. The zero-order chi connectivity index (χ0) is 4.28. The molecule has 0 saturated carbocycles. The summed E-state index contributed by atoms with van der Waals surface area (Å²) in [6.45, 7) is 0. The van der Waals surface area contributed by atoms with Crippen LogP contribution in [0.4, 0.5) is 0 Å². The van der Waals surface area contributed by atoms with Gasteiger partial charge in [-0.1, -0.05) is 0 Å². The number of hydrogen-bond donors (Lipinski definition) is 1. The minimum Gasteiger partial charge on any atom is -0.610 e. The first-order valence-corrected chi connectivity index (χ1v) is 1.09. The van der Waals surface area contributed by atoms with Crippen molar-refractivity contribution in [1.29, 1.82) is 0 Å². The fraction of sp³-hybridized carbons (Fsp3) is 0. The van der Waals surface area contributed by atoms with Crippen LogP contribution in [0.25, 0.3) is 0 Å². The van der Waals surface area contributed by atoms with Crippen molar-refractivity contribution < 1.29 is 32.5 Å². The molecule has 0 aromatic carbocycles. The van der Waals surface area contributed by atoms with Crippen LogP contribution in [0, 0.1) is 38.5 Å². The van der Waals surface area contributed by atoms with Gasteiger partial charge in [-0.2, -0.15) is 0 Å². The molecule has 0 rings (SSSR count). The van der Waals surface area contributed by atoms with Crippen molar-refractivity contribution in [2.75, 3.05) is 0 Å². The number of hydrogen-bond acceptors (Lipinski definition) is 1. The fourth-order valence-corrected chi connectivity index (χ4v) is 0.